The molecule has 108 valence electrons. The summed E-state index contributed by atoms with van der Waals surface area (Å²) in [6.45, 7) is 9.38. The zero-order chi connectivity index (χ0) is 14.3. The van der Waals surface area contributed by atoms with Gasteiger partial charge in [-0.1, -0.05) is 45.7 Å². The Morgan fingerprint density at radius 1 is 1.16 bits per heavy atom. The molecule has 0 heterocycles. The molecule has 0 saturated carbocycles. The van der Waals surface area contributed by atoms with E-state index in [0.29, 0.717) is 6.61 Å². The molecular formula is C17H28O2. The molecule has 0 amide bonds. The van der Waals surface area contributed by atoms with Crippen molar-refractivity contribution in [1.29, 1.82) is 0 Å². The molecule has 0 spiro atoms. The molecule has 1 N–H and O–H groups in total. The average molecular weight is 264 g/mol. The Bertz CT molecular complexity index is 372. The van der Waals surface area contributed by atoms with Gasteiger partial charge < -0.3 is 9.84 Å². The van der Waals surface area contributed by atoms with Gasteiger partial charge in [0.2, 0.25) is 0 Å². The number of aryl methyl sites for hydroxylation is 1. The second-order valence-corrected chi connectivity index (χ2v) is 5.95. The van der Waals surface area contributed by atoms with Crippen LogP contribution in [0.2, 0.25) is 0 Å². The predicted octanol–water partition coefficient (Wildman–Crippen LogP) is 3.98. The molecule has 0 radical (unpaired) electrons. The van der Waals surface area contributed by atoms with E-state index in [0.717, 1.165) is 29.6 Å². The first kappa shape index (κ1) is 16.0. The Kier molecular flexibility index (Phi) is 6.93. The van der Waals surface area contributed by atoms with Crippen molar-refractivity contribution in [3.63, 3.8) is 0 Å². The van der Waals surface area contributed by atoms with Gasteiger partial charge in [0, 0.05) is 0 Å². The Balaban J connectivity index is 2.52. The largest absolute Gasteiger partial charge is 0.491 e. The van der Waals surface area contributed by atoms with Crippen molar-refractivity contribution in [2.75, 3.05) is 13.2 Å². The SMILES string of the molecule is Cc1cc(CC(C)CCC(C)C)ccc1OCCO. The molecule has 0 bridgehead atoms. The Labute approximate surface area is 117 Å². The smallest absolute Gasteiger partial charge is 0.122 e. The predicted molar refractivity (Wildman–Crippen MR) is 80.7 cm³/mol. The van der Waals surface area contributed by atoms with Crippen molar-refractivity contribution in [2.45, 2.75) is 47.0 Å². The third kappa shape index (κ3) is 6.11. The van der Waals surface area contributed by atoms with Crippen molar-refractivity contribution in [3.05, 3.63) is 29.3 Å². The fourth-order valence-corrected chi connectivity index (χ4v) is 2.28. The number of hydrogen-bond acceptors (Lipinski definition) is 2. The second kappa shape index (κ2) is 8.21. The Morgan fingerprint density at radius 2 is 1.89 bits per heavy atom. The first-order chi connectivity index (χ1) is 9.02. The molecule has 0 fully saturated rings. The minimum absolute atomic E-state index is 0.0629. The molecule has 2 nitrogen and oxygen atoms in total. The number of ether oxygens (including phenoxy) is 1. The minimum Gasteiger partial charge on any atom is -0.491 e. The first-order valence-corrected chi connectivity index (χ1v) is 7.36. The number of benzene rings is 1. The van der Waals surface area contributed by atoms with Gasteiger partial charge in [-0.2, -0.15) is 0 Å². The van der Waals surface area contributed by atoms with Crippen molar-refractivity contribution >= 4 is 0 Å². The van der Waals surface area contributed by atoms with Crippen LogP contribution in [0.4, 0.5) is 0 Å². The van der Waals surface area contributed by atoms with Crippen LogP contribution in [0.3, 0.4) is 0 Å². The van der Waals surface area contributed by atoms with E-state index in [1.807, 2.05) is 6.07 Å². The number of aliphatic hydroxyl groups is 1. The highest BCUT2D eigenvalue weighted by atomic mass is 16.5. The Morgan fingerprint density at radius 3 is 2.47 bits per heavy atom. The van der Waals surface area contributed by atoms with Crippen LogP contribution >= 0.6 is 0 Å². The van der Waals surface area contributed by atoms with Crippen molar-refractivity contribution in [3.8, 4) is 5.75 Å². The lowest BCUT2D eigenvalue weighted by Crippen LogP contribution is -2.04. The second-order valence-electron chi connectivity index (χ2n) is 5.95. The van der Waals surface area contributed by atoms with E-state index in [1.54, 1.807) is 0 Å². The maximum Gasteiger partial charge on any atom is 0.122 e. The van der Waals surface area contributed by atoms with Gasteiger partial charge in [-0.3, -0.25) is 0 Å². The molecule has 19 heavy (non-hydrogen) atoms. The highest BCUT2D eigenvalue weighted by Gasteiger charge is 2.07. The third-order valence-corrected chi connectivity index (χ3v) is 3.41. The van der Waals surface area contributed by atoms with E-state index in [1.165, 1.54) is 18.4 Å². The molecule has 1 unspecified atom stereocenters. The van der Waals surface area contributed by atoms with E-state index in [9.17, 15) is 0 Å². The van der Waals surface area contributed by atoms with Crippen LogP contribution in [0.5, 0.6) is 5.75 Å². The first-order valence-electron chi connectivity index (χ1n) is 7.36. The van der Waals surface area contributed by atoms with Crippen LogP contribution in [0.15, 0.2) is 18.2 Å². The van der Waals surface area contributed by atoms with Crippen LogP contribution < -0.4 is 4.74 Å². The fraction of sp³-hybridized carbons (Fsp3) is 0.647. The van der Waals surface area contributed by atoms with E-state index >= 15 is 0 Å². The summed E-state index contributed by atoms with van der Waals surface area (Å²) in [4.78, 5) is 0. The zero-order valence-electron chi connectivity index (χ0n) is 12.8. The highest BCUT2D eigenvalue weighted by Crippen LogP contribution is 2.22. The number of rotatable bonds is 8. The van der Waals surface area contributed by atoms with Gasteiger partial charge in [0.05, 0.1) is 6.61 Å². The summed E-state index contributed by atoms with van der Waals surface area (Å²) < 4.78 is 5.47. The normalized spacial score (nSPS) is 12.7. The molecule has 1 rings (SSSR count). The molecule has 0 aliphatic heterocycles. The van der Waals surface area contributed by atoms with Crippen LogP contribution in [0.25, 0.3) is 0 Å². The Hall–Kier alpha value is -1.02. The zero-order valence-corrected chi connectivity index (χ0v) is 12.8. The van der Waals surface area contributed by atoms with E-state index in [4.69, 9.17) is 9.84 Å². The maximum absolute atomic E-state index is 8.77. The summed E-state index contributed by atoms with van der Waals surface area (Å²) in [5.41, 5.74) is 2.53. The summed E-state index contributed by atoms with van der Waals surface area (Å²) >= 11 is 0. The molecule has 2 heteroatoms. The van der Waals surface area contributed by atoms with Crippen molar-refractivity contribution < 1.29 is 9.84 Å². The summed E-state index contributed by atoms with van der Waals surface area (Å²) in [7, 11) is 0. The summed E-state index contributed by atoms with van der Waals surface area (Å²) in [6.07, 6.45) is 3.73. The van der Waals surface area contributed by atoms with Gasteiger partial charge in [-0.25, -0.2) is 0 Å². The molecule has 1 aromatic carbocycles. The summed E-state index contributed by atoms with van der Waals surface area (Å²) in [6, 6.07) is 6.37. The van der Waals surface area contributed by atoms with Crippen molar-refractivity contribution in [2.24, 2.45) is 11.8 Å². The van der Waals surface area contributed by atoms with E-state index in [-0.39, 0.29) is 6.61 Å². The lowest BCUT2D eigenvalue weighted by Gasteiger charge is -2.14. The summed E-state index contributed by atoms with van der Waals surface area (Å²) in [5, 5.41) is 8.77. The van der Waals surface area contributed by atoms with Crippen LogP contribution in [0, 0.1) is 18.8 Å². The lowest BCUT2D eigenvalue weighted by atomic mass is 9.93. The molecule has 0 aromatic heterocycles. The number of aliphatic hydroxyl groups excluding tert-OH is 1. The lowest BCUT2D eigenvalue weighted by molar-refractivity contribution is 0.200. The van der Waals surface area contributed by atoms with Gasteiger partial charge in [0.1, 0.15) is 12.4 Å². The van der Waals surface area contributed by atoms with Crippen molar-refractivity contribution in [1.82, 2.24) is 0 Å². The van der Waals surface area contributed by atoms with Crippen LogP contribution in [-0.2, 0) is 6.42 Å². The van der Waals surface area contributed by atoms with Gasteiger partial charge in [0.25, 0.3) is 0 Å². The van der Waals surface area contributed by atoms with Gasteiger partial charge in [-0.05, 0) is 42.4 Å². The maximum atomic E-state index is 8.77. The fourth-order valence-electron chi connectivity index (χ4n) is 2.28. The molecule has 1 aromatic rings. The van der Waals surface area contributed by atoms with Gasteiger partial charge in [0.15, 0.2) is 0 Å². The van der Waals surface area contributed by atoms with E-state index in [2.05, 4.69) is 39.8 Å². The summed E-state index contributed by atoms with van der Waals surface area (Å²) in [5.74, 6) is 2.40. The number of hydrogen-bond donors (Lipinski definition) is 1. The highest BCUT2D eigenvalue weighted by molar-refractivity contribution is 5.36. The molecule has 1 atom stereocenters. The van der Waals surface area contributed by atoms with Gasteiger partial charge in [-0.15, -0.1) is 0 Å². The van der Waals surface area contributed by atoms with Crippen LogP contribution in [0.1, 0.15) is 44.7 Å². The third-order valence-electron chi connectivity index (χ3n) is 3.41. The topological polar surface area (TPSA) is 29.5 Å². The average Bonchev–Trinajstić information content (AvgIpc) is 2.35. The monoisotopic (exact) mass is 264 g/mol. The molecule has 0 aliphatic carbocycles. The standard InChI is InChI=1S/C17H28O2/c1-13(2)5-6-14(3)11-16-7-8-17(15(4)12-16)19-10-9-18/h7-8,12-14,18H,5-6,9-11H2,1-4H3. The molecule has 0 saturated heterocycles. The molecular weight excluding hydrogens is 236 g/mol. The van der Waals surface area contributed by atoms with Crippen LogP contribution in [-0.4, -0.2) is 18.3 Å². The van der Waals surface area contributed by atoms with E-state index < -0.39 is 0 Å². The minimum atomic E-state index is 0.0629. The molecule has 0 aliphatic rings. The quantitative estimate of drug-likeness (QED) is 0.769. The van der Waals surface area contributed by atoms with Gasteiger partial charge >= 0.3 is 0 Å².